The SMILES string of the molecule is CCCC[C@H](N)c1ccc(OC)cc1OC. The second-order valence-electron chi connectivity index (χ2n) is 3.86. The molecule has 0 radical (unpaired) electrons. The summed E-state index contributed by atoms with van der Waals surface area (Å²) in [5.41, 5.74) is 7.18. The van der Waals surface area contributed by atoms with Crippen LogP contribution in [0.5, 0.6) is 11.5 Å². The van der Waals surface area contributed by atoms with Gasteiger partial charge >= 0.3 is 0 Å². The van der Waals surface area contributed by atoms with Crippen LogP contribution in [0.3, 0.4) is 0 Å². The van der Waals surface area contributed by atoms with E-state index in [9.17, 15) is 0 Å². The normalized spacial score (nSPS) is 12.2. The third kappa shape index (κ3) is 3.14. The minimum atomic E-state index is 0.0424. The molecular weight excluding hydrogens is 202 g/mol. The molecule has 3 nitrogen and oxygen atoms in total. The zero-order valence-electron chi connectivity index (χ0n) is 10.3. The van der Waals surface area contributed by atoms with Gasteiger partial charge in [-0.1, -0.05) is 25.8 Å². The molecule has 0 aliphatic heterocycles. The van der Waals surface area contributed by atoms with Gasteiger partial charge < -0.3 is 15.2 Å². The van der Waals surface area contributed by atoms with Gasteiger partial charge in [-0.05, 0) is 12.5 Å². The van der Waals surface area contributed by atoms with Crippen LogP contribution in [-0.4, -0.2) is 14.2 Å². The first-order valence-electron chi connectivity index (χ1n) is 5.70. The Morgan fingerprint density at radius 3 is 2.56 bits per heavy atom. The maximum Gasteiger partial charge on any atom is 0.127 e. The first kappa shape index (κ1) is 12.8. The van der Waals surface area contributed by atoms with Crippen LogP contribution in [0.4, 0.5) is 0 Å². The number of benzene rings is 1. The summed E-state index contributed by atoms with van der Waals surface area (Å²) in [6, 6.07) is 5.82. The Hall–Kier alpha value is -1.22. The van der Waals surface area contributed by atoms with E-state index in [1.807, 2.05) is 18.2 Å². The molecule has 0 amide bonds. The Bertz CT molecular complexity index is 326. The van der Waals surface area contributed by atoms with E-state index in [0.29, 0.717) is 0 Å². The molecule has 0 aliphatic carbocycles. The molecule has 90 valence electrons. The molecule has 2 N–H and O–H groups in total. The number of unbranched alkanes of at least 4 members (excludes halogenated alkanes) is 1. The van der Waals surface area contributed by atoms with E-state index in [0.717, 1.165) is 36.3 Å². The Morgan fingerprint density at radius 1 is 1.25 bits per heavy atom. The van der Waals surface area contributed by atoms with Crippen LogP contribution in [0.15, 0.2) is 18.2 Å². The first-order valence-corrected chi connectivity index (χ1v) is 5.70. The summed E-state index contributed by atoms with van der Waals surface area (Å²) in [6.07, 6.45) is 3.28. The highest BCUT2D eigenvalue weighted by atomic mass is 16.5. The first-order chi connectivity index (χ1) is 7.72. The summed E-state index contributed by atoms with van der Waals surface area (Å²) in [5.74, 6) is 1.60. The molecule has 1 rings (SSSR count). The van der Waals surface area contributed by atoms with Crippen molar-refractivity contribution in [3.05, 3.63) is 23.8 Å². The topological polar surface area (TPSA) is 44.5 Å². The molecule has 0 bridgehead atoms. The van der Waals surface area contributed by atoms with Gasteiger partial charge in [-0.15, -0.1) is 0 Å². The molecule has 0 saturated heterocycles. The van der Waals surface area contributed by atoms with Crippen molar-refractivity contribution < 1.29 is 9.47 Å². The van der Waals surface area contributed by atoms with Crippen LogP contribution >= 0.6 is 0 Å². The van der Waals surface area contributed by atoms with Gasteiger partial charge in [0.1, 0.15) is 11.5 Å². The Kier molecular flexibility index (Phi) is 5.12. The van der Waals surface area contributed by atoms with E-state index in [2.05, 4.69) is 6.92 Å². The molecule has 0 fully saturated rings. The smallest absolute Gasteiger partial charge is 0.127 e. The molecule has 0 saturated carbocycles. The van der Waals surface area contributed by atoms with Gasteiger partial charge in [0.05, 0.1) is 14.2 Å². The van der Waals surface area contributed by atoms with E-state index in [-0.39, 0.29) is 6.04 Å². The lowest BCUT2D eigenvalue weighted by atomic mass is 10.0. The molecule has 1 aromatic carbocycles. The lowest BCUT2D eigenvalue weighted by Gasteiger charge is -2.16. The molecule has 0 aliphatic rings. The van der Waals surface area contributed by atoms with Gasteiger partial charge in [0.15, 0.2) is 0 Å². The molecule has 1 aromatic rings. The minimum Gasteiger partial charge on any atom is -0.497 e. The molecule has 16 heavy (non-hydrogen) atoms. The van der Waals surface area contributed by atoms with Gasteiger partial charge in [0.2, 0.25) is 0 Å². The zero-order valence-corrected chi connectivity index (χ0v) is 10.3. The predicted molar refractivity (Wildman–Crippen MR) is 66.0 cm³/mol. The van der Waals surface area contributed by atoms with E-state index >= 15 is 0 Å². The van der Waals surface area contributed by atoms with E-state index in [1.165, 1.54) is 0 Å². The van der Waals surface area contributed by atoms with Crippen molar-refractivity contribution in [2.75, 3.05) is 14.2 Å². The van der Waals surface area contributed by atoms with Crippen molar-refractivity contribution in [3.63, 3.8) is 0 Å². The fourth-order valence-corrected chi connectivity index (χ4v) is 1.70. The summed E-state index contributed by atoms with van der Waals surface area (Å²) >= 11 is 0. The average molecular weight is 223 g/mol. The standard InChI is InChI=1S/C13H21NO2/c1-4-5-6-12(14)11-8-7-10(15-2)9-13(11)16-3/h7-9,12H,4-6,14H2,1-3H3/t12-/m0/s1. The van der Waals surface area contributed by atoms with Crippen molar-refractivity contribution in [2.24, 2.45) is 5.73 Å². The summed E-state index contributed by atoms with van der Waals surface area (Å²) in [7, 11) is 3.30. The second kappa shape index (κ2) is 6.38. The monoisotopic (exact) mass is 223 g/mol. The number of ether oxygens (including phenoxy) is 2. The number of rotatable bonds is 6. The van der Waals surface area contributed by atoms with Crippen molar-refractivity contribution in [2.45, 2.75) is 32.2 Å². The highest BCUT2D eigenvalue weighted by molar-refractivity contribution is 5.42. The van der Waals surface area contributed by atoms with Crippen molar-refractivity contribution in [3.8, 4) is 11.5 Å². The van der Waals surface area contributed by atoms with E-state index < -0.39 is 0 Å². The fraction of sp³-hybridized carbons (Fsp3) is 0.538. The number of hydrogen-bond donors (Lipinski definition) is 1. The van der Waals surface area contributed by atoms with Crippen LogP contribution < -0.4 is 15.2 Å². The lowest BCUT2D eigenvalue weighted by Crippen LogP contribution is -2.11. The van der Waals surface area contributed by atoms with Crippen LogP contribution in [-0.2, 0) is 0 Å². The quantitative estimate of drug-likeness (QED) is 0.806. The van der Waals surface area contributed by atoms with Gasteiger partial charge in [-0.3, -0.25) is 0 Å². The molecule has 1 atom stereocenters. The molecule has 0 spiro atoms. The molecule has 0 unspecified atom stereocenters. The Labute approximate surface area is 97.6 Å². The van der Waals surface area contributed by atoms with Gasteiger partial charge in [-0.2, -0.15) is 0 Å². The van der Waals surface area contributed by atoms with Gasteiger partial charge in [0.25, 0.3) is 0 Å². The minimum absolute atomic E-state index is 0.0424. The number of methoxy groups -OCH3 is 2. The number of hydrogen-bond acceptors (Lipinski definition) is 3. The van der Waals surface area contributed by atoms with E-state index in [1.54, 1.807) is 14.2 Å². The third-order valence-corrected chi connectivity index (χ3v) is 2.71. The third-order valence-electron chi connectivity index (χ3n) is 2.71. The average Bonchev–Trinajstić information content (AvgIpc) is 2.34. The highest BCUT2D eigenvalue weighted by Gasteiger charge is 2.12. The zero-order chi connectivity index (χ0) is 12.0. The highest BCUT2D eigenvalue weighted by Crippen LogP contribution is 2.30. The maximum atomic E-state index is 6.13. The largest absolute Gasteiger partial charge is 0.497 e. The summed E-state index contributed by atoms with van der Waals surface area (Å²) in [4.78, 5) is 0. The van der Waals surface area contributed by atoms with Crippen molar-refractivity contribution in [1.29, 1.82) is 0 Å². The van der Waals surface area contributed by atoms with Crippen LogP contribution in [0, 0.1) is 0 Å². The van der Waals surface area contributed by atoms with E-state index in [4.69, 9.17) is 15.2 Å². The Balaban J connectivity index is 2.85. The summed E-state index contributed by atoms with van der Waals surface area (Å²) in [5, 5.41) is 0. The molecule has 3 heteroatoms. The lowest BCUT2D eigenvalue weighted by molar-refractivity contribution is 0.387. The van der Waals surface area contributed by atoms with Crippen LogP contribution in [0.2, 0.25) is 0 Å². The van der Waals surface area contributed by atoms with Crippen molar-refractivity contribution in [1.82, 2.24) is 0 Å². The predicted octanol–water partition coefficient (Wildman–Crippen LogP) is 2.89. The molecule has 0 heterocycles. The van der Waals surface area contributed by atoms with Crippen molar-refractivity contribution >= 4 is 0 Å². The second-order valence-corrected chi connectivity index (χ2v) is 3.86. The Morgan fingerprint density at radius 2 is 2.00 bits per heavy atom. The van der Waals surface area contributed by atoms with Crippen LogP contribution in [0.1, 0.15) is 37.8 Å². The molecule has 0 aromatic heterocycles. The van der Waals surface area contributed by atoms with Crippen LogP contribution in [0.25, 0.3) is 0 Å². The molecular formula is C13H21NO2. The van der Waals surface area contributed by atoms with Gasteiger partial charge in [0, 0.05) is 17.7 Å². The fourth-order valence-electron chi connectivity index (χ4n) is 1.70. The van der Waals surface area contributed by atoms with Gasteiger partial charge in [-0.25, -0.2) is 0 Å². The summed E-state index contributed by atoms with van der Waals surface area (Å²) < 4.78 is 10.5. The number of nitrogens with two attached hydrogens (primary N) is 1. The maximum absolute atomic E-state index is 6.13. The summed E-state index contributed by atoms with van der Waals surface area (Å²) in [6.45, 7) is 2.16.